The van der Waals surface area contributed by atoms with Crippen LogP contribution < -0.4 is 15.5 Å². The predicted molar refractivity (Wildman–Crippen MR) is 97.6 cm³/mol. The lowest BCUT2D eigenvalue weighted by molar-refractivity contribution is -0.114. The van der Waals surface area contributed by atoms with Gasteiger partial charge >= 0.3 is 0 Å². The van der Waals surface area contributed by atoms with Crippen molar-refractivity contribution in [2.75, 3.05) is 28.6 Å². The molecule has 1 aliphatic heterocycles. The van der Waals surface area contributed by atoms with Crippen molar-refractivity contribution in [3.05, 3.63) is 35.3 Å². The summed E-state index contributed by atoms with van der Waals surface area (Å²) in [4.78, 5) is 18.6. The van der Waals surface area contributed by atoms with Gasteiger partial charge in [0.05, 0.1) is 12.6 Å². The van der Waals surface area contributed by atoms with E-state index in [0.29, 0.717) is 11.7 Å². The molecule has 0 atom stereocenters. The van der Waals surface area contributed by atoms with E-state index < -0.39 is 0 Å². The predicted octanol–water partition coefficient (Wildman–Crippen LogP) is 2.67. The Labute approximate surface area is 145 Å². The fraction of sp³-hybridized carbons (Fsp3) is 0.412. The van der Waals surface area contributed by atoms with Crippen LogP contribution in [0.5, 0.6) is 0 Å². The van der Waals surface area contributed by atoms with Gasteiger partial charge in [0.1, 0.15) is 0 Å². The molecule has 3 N–H and O–H groups in total. The van der Waals surface area contributed by atoms with E-state index in [1.165, 1.54) is 23.9 Å². The monoisotopic (exact) mass is 346 g/mol. The number of aliphatic hydroxyl groups is 1. The number of carbonyl (C=O) groups is 1. The van der Waals surface area contributed by atoms with Gasteiger partial charge in [-0.05, 0) is 31.0 Å². The molecule has 1 aromatic heterocycles. The van der Waals surface area contributed by atoms with Crippen LogP contribution in [0.4, 0.5) is 16.5 Å². The lowest BCUT2D eigenvalue weighted by atomic mass is 10.1. The fourth-order valence-corrected chi connectivity index (χ4v) is 3.52. The second-order valence-corrected chi connectivity index (χ2v) is 7.05. The van der Waals surface area contributed by atoms with Gasteiger partial charge in [0, 0.05) is 42.5 Å². The average molecular weight is 346 g/mol. The number of nitrogens with one attached hydrogen (secondary N) is 2. The fourth-order valence-electron chi connectivity index (χ4n) is 2.72. The Morgan fingerprint density at radius 1 is 1.42 bits per heavy atom. The number of aliphatic hydroxyl groups excluding tert-OH is 1. The number of benzene rings is 1. The maximum absolute atomic E-state index is 11.0. The lowest BCUT2D eigenvalue weighted by Gasteiger charge is -2.31. The third-order valence-electron chi connectivity index (χ3n) is 3.98. The molecule has 1 amide bonds. The second kappa shape index (κ2) is 7.63. The van der Waals surface area contributed by atoms with Gasteiger partial charge in [-0.15, -0.1) is 0 Å². The van der Waals surface area contributed by atoms with E-state index in [4.69, 9.17) is 0 Å². The minimum absolute atomic E-state index is 0.108. The summed E-state index contributed by atoms with van der Waals surface area (Å²) in [5.74, 6) is -0.108. The number of anilines is 3. The van der Waals surface area contributed by atoms with Gasteiger partial charge in [-0.3, -0.25) is 4.79 Å². The summed E-state index contributed by atoms with van der Waals surface area (Å²) in [6, 6.07) is 8.31. The first kappa shape index (κ1) is 16.7. The molecule has 1 saturated heterocycles. The largest absolute Gasteiger partial charge is 0.393 e. The number of piperidine rings is 1. The molecule has 7 heteroatoms. The van der Waals surface area contributed by atoms with E-state index in [2.05, 4.69) is 32.7 Å². The van der Waals surface area contributed by atoms with Crippen LogP contribution in [0.1, 0.15) is 24.6 Å². The molecular formula is C17H22N4O2S. The van der Waals surface area contributed by atoms with Crippen LogP contribution in [-0.4, -0.2) is 35.2 Å². The van der Waals surface area contributed by atoms with Crippen molar-refractivity contribution in [2.45, 2.75) is 32.4 Å². The third-order valence-corrected chi connectivity index (χ3v) is 4.89. The zero-order chi connectivity index (χ0) is 16.9. The van der Waals surface area contributed by atoms with Crippen LogP contribution in [0.2, 0.25) is 0 Å². The van der Waals surface area contributed by atoms with E-state index in [0.717, 1.165) is 36.5 Å². The molecule has 24 heavy (non-hydrogen) atoms. The highest BCUT2D eigenvalue weighted by molar-refractivity contribution is 7.15. The number of nitrogens with zero attached hydrogens (tertiary/aromatic N) is 2. The molecular weight excluding hydrogens is 324 g/mol. The summed E-state index contributed by atoms with van der Waals surface area (Å²) in [7, 11) is 0. The summed E-state index contributed by atoms with van der Waals surface area (Å²) in [5, 5.41) is 16.3. The Morgan fingerprint density at radius 3 is 2.96 bits per heavy atom. The molecule has 128 valence electrons. The third kappa shape index (κ3) is 4.46. The second-order valence-electron chi connectivity index (χ2n) is 5.94. The number of amides is 1. The van der Waals surface area contributed by atoms with Crippen molar-refractivity contribution >= 4 is 33.8 Å². The van der Waals surface area contributed by atoms with Crippen LogP contribution in [0.15, 0.2) is 30.5 Å². The quantitative estimate of drug-likeness (QED) is 0.776. The normalized spacial score (nSPS) is 15.3. The van der Waals surface area contributed by atoms with Crippen molar-refractivity contribution < 1.29 is 9.90 Å². The van der Waals surface area contributed by atoms with E-state index in [9.17, 15) is 9.90 Å². The van der Waals surface area contributed by atoms with Crippen LogP contribution >= 0.6 is 11.3 Å². The average Bonchev–Trinajstić information content (AvgIpc) is 3.00. The molecule has 3 rings (SSSR count). The van der Waals surface area contributed by atoms with Gasteiger partial charge in [-0.25, -0.2) is 4.98 Å². The van der Waals surface area contributed by atoms with Gasteiger partial charge in [0.15, 0.2) is 5.13 Å². The van der Waals surface area contributed by atoms with E-state index in [-0.39, 0.29) is 12.0 Å². The van der Waals surface area contributed by atoms with Crippen LogP contribution in [0.25, 0.3) is 0 Å². The first-order chi connectivity index (χ1) is 11.6. The van der Waals surface area contributed by atoms with E-state index in [1.54, 1.807) is 6.20 Å². The summed E-state index contributed by atoms with van der Waals surface area (Å²) in [6.07, 6.45) is 3.26. The molecule has 0 radical (unpaired) electrons. The minimum atomic E-state index is -0.160. The molecule has 0 unspecified atom stereocenters. The molecule has 1 aliphatic rings. The summed E-state index contributed by atoms with van der Waals surface area (Å²) < 4.78 is 0. The SMILES string of the molecule is CC(=O)Nc1ncc(CNc2cccc(N3CCC(O)CC3)c2)s1. The molecule has 2 heterocycles. The van der Waals surface area contributed by atoms with Crippen LogP contribution in [0.3, 0.4) is 0 Å². The molecule has 0 bridgehead atoms. The Bertz CT molecular complexity index is 695. The number of hydrogen-bond donors (Lipinski definition) is 3. The highest BCUT2D eigenvalue weighted by Gasteiger charge is 2.17. The van der Waals surface area contributed by atoms with Crippen LogP contribution in [-0.2, 0) is 11.3 Å². The zero-order valence-electron chi connectivity index (χ0n) is 13.7. The van der Waals surface area contributed by atoms with Crippen molar-refractivity contribution in [3.63, 3.8) is 0 Å². The van der Waals surface area contributed by atoms with Crippen molar-refractivity contribution in [3.8, 4) is 0 Å². The minimum Gasteiger partial charge on any atom is -0.393 e. The lowest BCUT2D eigenvalue weighted by Crippen LogP contribution is -2.35. The van der Waals surface area contributed by atoms with E-state index in [1.807, 2.05) is 12.1 Å². The van der Waals surface area contributed by atoms with E-state index >= 15 is 0 Å². The number of hydrogen-bond acceptors (Lipinski definition) is 6. The molecule has 0 saturated carbocycles. The molecule has 2 aromatic rings. The van der Waals surface area contributed by atoms with Gasteiger partial charge in [0.25, 0.3) is 0 Å². The van der Waals surface area contributed by atoms with Crippen LogP contribution in [0, 0.1) is 0 Å². The smallest absolute Gasteiger partial charge is 0.223 e. The molecule has 0 aliphatic carbocycles. The summed E-state index contributed by atoms with van der Waals surface area (Å²) in [5.41, 5.74) is 2.23. The van der Waals surface area contributed by atoms with Gasteiger partial charge in [-0.2, -0.15) is 0 Å². The Morgan fingerprint density at radius 2 is 2.21 bits per heavy atom. The standard InChI is InChI=1S/C17H22N4O2S/c1-12(22)20-17-19-11-16(24-17)10-18-13-3-2-4-14(9-13)21-7-5-15(23)6-8-21/h2-4,9,11,15,18,23H,5-8,10H2,1H3,(H,19,20,22). The Hall–Kier alpha value is -2.12. The van der Waals surface area contributed by atoms with Crippen molar-refractivity contribution in [1.29, 1.82) is 0 Å². The maximum Gasteiger partial charge on any atom is 0.223 e. The van der Waals surface area contributed by atoms with Crippen molar-refractivity contribution in [1.82, 2.24) is 4.98 Å². The molecule has 1 aromatic carbocycles. The molecule has 6 nitrogen and oxygen atoms in total. The number of aromatic nitrogens is 1. The zero-order valence-corrected chi connectivity index (χ0v) is 14.5. The number of carbonyl (C=O) groups excluding carboxylic acids is 1. The highest BCUT2D eigenvalue weighted by Crippen LogP contribution is 2.24. The Balaban J connectivity index is 1.58. The van der Waals surface area contributed by atoms with Crippen molar-refractivity contribution in [2.24, 2.45) is 0 Å². The van der Waals surface area contributed by atoms with Gasteiger partial charge in [0.2, 0.25) is 5.91 Å². The first-order valence-corrected chi connectivity index (χ1v) is 8.91. The topological polar surface area (TPSA) is 77.5 Å². The number of rotatable bonds is 5. The maximum atomic E-state index is 11.0. The first-order valence-electron chi connectivity index (χ1n) is 8.09. The van der Waals surface area contributed by atoms with Gasteiger partial charge < -0.3 is 20.6 Å². The van der Waals surface area contributed by atoms with Gasteiger partial charge in [-0.1, -0.05) is 17.4 Å². The number of thiazole rings is 1. The molecule has 0 spiro atoms. The summed E-state index contributed by atoms with van der Waals surface area (Å²) >= 11 is 1.47. The summed E-state index contributed by atoms with van der Waals surface area (Å²) in [6.45, 7) is 3.92. The Kier molecular flexibility index (Phi) is 5.32. The molecule has 1 fully saturated rings. The highest BCUT2D eigenvalue weighted by atomic mass is 32.1.